The summed E-state index contributed by atoms with van der Waals surface area (Å²) in [6.07, 6.45) is 2.59. The summed E-state index contributed by atoms with van der Waals surface area (Å²) in [5, 5.41) is 0. The van der Waals surface area contributed by atoms with Crippen LogP contribution in [0.25, 0.3) is 0 Å². The van der Waals surface area contributed by atoms with Gasteiger partial charge in [-0.25, -0.2) is 5.84 Å². The van der Waals surface area contributed by atoms with E-state index in [9.17, 15) is 4.79 Å². The second kappa shape index (κ2) is 5.98. The van der Waals surface area contributed by atoms with E-state index in [1.165, 1.54) is 18.4 Å². The molecule has 0 aliphatic carbocycles. The van der Waals surface area contributed by atoms with E-state index in [2.05, 4.69) is 23.3 Å². The number of benzene rings is 1. The molecule has 1 fully saturated rings. The van der Waals surface area contributed by atoms with Crippen LogP contribution in [0, 0.1) is 5.92 Å². The lowest BCUT2D eigenvalue weighted by molar-refractivity contribution is 0.0953. The number of nitrogens with one attached hydrogen (secondary N) is 1. The topological polar surface area (TPSA) is 58.4 Å². The van der Waals surface area contributed by atoms with Gasteiger partial charge in [0.1, 0.15) is 0 Å². The van der Waals surface area contributed by atoms with Gasteiger partial charge in [-0.1, -0.05) is 19.1 Å². The molecule has 4 nitrogen and oxygen atoms in total. The van der Waals surface area contributed by atoms with Crippen molar-refractivity contribution < 1.29 is 4.79 Å². The van der Waals surface area contributed by atoms with Crippen LogP contribution in [0.2, 0.25) is 0 Å². The van der Waals surface area contributed by atoms with Gasteiger partial charge in [-0.3, -0.25) is 15.1 Å². The highest BCUT2D eigenvalue weighted by atomic mass is 16.2. The van der Waals surface area contributed by atoms with E-state index in [-0.39, 0.29) is 5.91 Å². The van der Waals surface area contributed by atoms with Crippen molar-refractivity contribution in [3.8, 4) is 0 Å². The largest absolute Gasteiger partial charge is 0.299 e. The molecule has 4 heteroatoms. The molecular formula is C14H21N3O. The lowest BCUT2D eigenvalue weighted by Gasteiger charge is -2.30. The fourth-order valence-electron chi connectivity index (χ4n) is 2.58. The van der Waals surface area contributed by atoms with Gasteiger partial charge in [0, 0.05) is 18.7 Å². The van der Waals surface area contributed by atoms with Crippen LogP contribution in [0.4, 0.5) is 0 Å². The second-order valence-electron chi connectivity index (χ2n) is 5.16. The van der Waals surface area contributed by atoms with Crippen molar-refractivity contribution in [1.29, 1.82) is 0 Å². The zero-order valence-electron chi connectivity index (χ0n) is 10.9. The first kappa shape index (κ1) is 13.1. The Labute approximate surface area is 108 Å². The van der Waals surface area contributed by atoms with Crippen LogP contribution in [0.3, 0.4) is 0 Å². The van der Waals surface area contributed by atoms with E-state index in [1.807, 2.05) is 12.1 Å². The first-order chi connectivity index (χ1) is 8.69. The van der Waals surface area contributed by atoms with Gasteiger partial charge in [0.15, 0.2) is 0 Å². The van der Waals surface area contributed by atoms with Crippen LogP contribution in [-0.2, 0) is 6.54 Å². The number of hydrogen-bond acceptors (Lipinski definition) is 3. The SMILES string of the molecule is CC1CCCN(Cc2cccc(C(=O)NN)c2)C1. The molecule has 1 amide bonds. The predicted octanol–water partition coefficient (Wildman–Crippen LogP) is 1.52. The average Bonchev–Trinajstić information content (AvgIpc) is 2.38. The summed E-state index contributed by atoms with van der Waals surface area (Å²) in [7, 11) is 0. The molecule has 0 aromatic heterocycles. The minimum atomic E-state index is -0.233. The van der Waals surface area contributed by atoms with Crippen LogP contribution < -0.4 is 11.3 Å². The summed E-state index contributed by atoms with van der Waals surface area (Å²) in [4.78, 5) is 13.9. The zero-order chi connectivity index (χ0) is 13.0. The average molecular weight is 247 g/mol. The normalized spacial score (nSPS) is 20.7. The van der Waals surface area contributed by atoms with Crippen LogP contribution in [0.1, 0.15) is 35.7 Å². The van der Waals surface area contributed by atoms with Crippen molar-refractivity contribution in [2.75, 3.05) is 13.1 Å². The molecule has 1 atom stereocenters. The van der Waals surface area contributed by atoms with Crippen molar-refractivity contribution in [2.45, 2.75) is 26.3 Å². The Morgan fingerprint density at radius 3 is 3.11 bits per heavy atom. The number of rotatable bonds is 3. The summed E-state index contributed by atoms with van der Waals surface area (Å²) in [5.41, 5.74) is 3.96. The lowest BCUT2D eigenvalue weighted by atomic mass is 9.99. The lowest BCUT2D eigenvalue weighted by Crippen LogP contribution is -2.34. The summed E-state index contributed by atoms with van der Waals surface area (Å²) in [5.74, 6) is 5.69. The van der Waals surface area contributed by atoms with Crippen molar-refractivity contribution in [1.82, 2.24) is 10.3 Å². The summed E-state index contributed by atoms with van der Waals surface area (Å²) in [6.45, 7) is 5.51. The summed E-state index contributed by atoms with van der Waals surface area (Å²) < 4.78 is 0. The molecule has 2 rings (SSSR count). The first-order valence-electron chi connectivity index (χ1n) is 6.51. The smallest absolute Gasteiger partial charge is 0.265 e. The molecule has 1 unspecified atom stereocenters. The first-order valence-corrected chi connectivity index (χ1v) is 6.51. The van der Waals surface area contributed by atoms with E-state index < -0.39 is 0 Å². The Balaban J connectivity index is 2.02. The van der Waals surface area contributed by atoms with Gasteiger partial charge in [0.25, 0.3) is 5.91 Å². The highest BCUT2D eigenvalue weighted by Gasteiger charge is 2.16. The van der Waals surface area contributed by atoms with E-state index in [0.717, 1.165) is 25.6 Å². The minimum absolute atomic E-state index is 0.233. The quantitative estimate of drug-likeness (QED) is 0.484. The molecule has 1 aromatic carbocycles. The highest BCUT2D eigenvalue weighted by Crippen LogP contribution is 2.18. The molecule has 1 saturated heterocycles. The Bertz CT molecular complexity index is 419. The van der Waals surface area contributed by atoms with Crippen LogP contribution >= 0.6 is 0 Å². The van der Waals surface area contributed by atoms with Gasteiger partial charge >= 0.3 is 0 Å². The molecule has 3 N–H and O–H groups in total. The van der Waals surface area contributed by atoms with Gasteiger partial charge in [0.2, 0.25) is 0 Å². The maximum absolute atomic E-state index is 11.5. The molecular weight excluding hydrogens is 226 g/mol. The van der Waals surface area contributed by atoms with Crippen molar-refractivity contribution >= 4 is 5.91 Å². The number of carbonyl (C=O) groups excluding carboxylic acids is 1. The predicted molar refractivity (Wildman–Crippen MR) is 71.8 cm³/mol. The zero-order valence-corrected chi connectivity index (χ0v) is 10.9. The Kier molecular flexibility index (Phi) is 4.33. The Morgan fingerprint density at radius 1 is 1.56 bits per heavy atom. The molecule has 0 saturated carbocycles. The number of hydrazine groups is 1. The van der Waals surface area contributed by atoms with Crippen molar-refractivity contribution in [3.63, 3.8) is 0 Å². The van der Waals surface area contributed by atoms with Gasteiger partial charge in [-0.15, -0.1) is 0 Å². The van der Waals surface area contributed by atoms with Crippen LogP contribution in [0.5, 0.6) is 0 Å². The number of nitrogens with two attached hydrogens (primary N) is 1. The van der Waals surface area contributed by atoms with Crippen LogP contribution in [0.15, 0.2) is 24.3 Å². The van der Waals surface area contributed by atoms with E-state index in [0.29, 0.717) is 5.56 Å². The summed E-state index contributed by atoms with van der Waals surface area (Å²) >= 11 is 0. The molecule has 0 radical (unpaired) electrons. The molecule has 1 aliphatic heterocycles. The van der Waals surface area contributed by atoms with Gasteiger partial charge in [0.05, 0.1) is 0 Å². The Morgan fingerprint density at radius 2 is 2.39 bits per heavy atom. The standard InChI is InChI=1S/C14H21N3O/c1-11-4-3-7-17(9-11)10-12-5-2-6-13(8-12)14(18)16-15/h2,5-6,8,11H,3-4,7,9-10,15H2,1H3,(H,16,18). The number of amides is 1. The molecule has 18 heavy (non-hydrogen) atoms. The molecule has 0 spiro atoms. The Hall–Kier alpha value is -1.39. The number of likely N-dealkylation sites (tertiary alicyclic amines) is 1. The fraction of sp³-hybridized carbons (Fsp3) is 0.500. The van der Waals surface area contributed by atoms with Gasteiger partial charge < -0.3 is 0 Å². The second-order valence-corrected chi connectivity index (χ2v) is 5.16. The molecule has 1 aliphatic rings. The van der Waals surface area contributed by atoms with E-state index in [4.69, 9.17) is 5.84 Å². The number of piperidine rings is 1. The highest BCUT2D eigenvalue weighted by molar-refractivity contribution is 5.93. The fourth-order valence-corrected chi connectivity index (χ4v) is 2.58. The number of hydrogen-bond donors (Lipinski definition) is 2. The molecule has 1 aromatic rings. The van der Waals surface area contributed by atoms with Gasteiger partial charge in [-0.2, -0.15) is 0 Å². The number of carbonyl (C=O) groups is 1. The molecule has 98 valence electrons. The maximum atomic E-state index is 11.5. The molecule has 1 heterocycles. The van der Waals surface area contributed by atoms with E-state index >= 15 is 0 Å². The van der Waals surface area contributed by atoms with Gasteiger partial charge in [-0.05, 0) is 43.0 Å². The van der Waals surface area contributed by atoms with Crippen molar-refractivity contribution in [3.05, 3.63) is 35.4 Å². The maximum Gasteiger partial charge on any atom is 0.265 e. The number of nitrogen functional groups attached to an aromatic ring is 1. The minimum Gasteiger partial charge on any atom is -0.299 e. The molecule has 0 bridgehead atoms. The summed E-state index contributed by atoms with van der Waals surface area (Å²) in [6, 6.07) is 7.67. The number of nitrogens with zero attached hydrogens (tertiary/aromatic N) is 1. The third kappa shape index (κ3) is 3.31. The van der Waals surface area contributed by atoms with Crippen molar-refractivity contribution in [2.24, 2.45) is 11.8 Å². The van der Waals surface area contributed by atoms with Crippen LogP contribution in [-0.4, -0.2) is 23.9 Å². The third-order valence-electron chi connectivity index (χ3n) is 3.47. The monoisotopic (exact) mass is 247 g/mol. The third-order valence-corrected chi connectivity index (χ3v) is 3.47. The van der Waals surface area contributed by atoms with E-state index in [1.54, 1.807) is 6.07 Å².